The van der Waals surface area contributed by atoms with Gasteiger partial charge in [0, 0.05) is 32.1 Å². The Bertz CT molecular complexity index is 174. The number of aromatic amines is 1. The van der Waals surface area contributed by atoms with Gasteiger partial charge in [0.1, 0.15) is 0 Å². The van der Waals surface area contributed by atoms with Crippen molar-refractivity contribution in [1.82, 2.24) is 10.2 Å². The summed E-state index contributed by atoms with van der Waals surface area (Å²) < 4.78 is 9.92. The maximum atomic E-state index is 4.96. The Morgan fingerprint density at radius 3 is 2.60 bits per heavy atom. The molecule has 0 saturated heterocycles. The van der Waals surface area contributed by atoms with Crippen LogP contribution < -0.4 is 5.46 Å². The fraction of sp³-hybridized carbons (Fsp3) is 0.400. The van der Waals surface area contributed by atoms with Crippen molar-refractivity contribution in [3.05, 3.63) is 12.4 Å². The van der Waals surface area contributed by atoms with Crippen LogP contribution in [-0.2, 0) is 9.31 Å². The van der Waals surface area contributed by atoms with Crippen LogP contribution in [0.5, 0.6) is 0 Å². The molecule has 0 aliphatic heterocycles. The maximum Gasteiger partial charge on any atom is 0.496 e. The van der Waals surface area contributed by atoms with Gasteiger partial charge >= 0.3 is 7.12 Å². The summed E-state index contributed by atoms with van der Waals surface area (Å²) in [6.07, 6.45) is 3.40. The van der Waals surface area contributed by atoms with Crippen LogP contribution in [0, 0.1) is 0 Å². The van der Waals surface area contributed by atoms with Crippen LogP contribution >= 0.6 is 0 Å². The summed E-state index contributed by atoms with van der Waals surface area (Å²) in [7, 11) is 2.86. The van der Waals surface area contributed by atoms with E-state index in [9.17, 15) is 0 Å². The highest BCUT2D eigenvalue weighted by atomic mass is 16.6. The minimum Gasteiger partial charge on any atom is -0.410 e. The van der Waals surface area contributed by atoms with Gasteiger partial charge in [-0.05, 0) is 0 Å². The summed E-state index contributed by atoms with van der Waals surface area (Å²) in [6, 6.07) is 0. The summed E-state index contributed by atoms with van der Waals surface area (Å²) >= 11 is 0. The van der Waals surface area contributed by atoms with Gasteiger partial charge in [-0.2, -0.15) is 5.10 Å². The van der Waals surface area contributed by atoms with Crippen molar-refractivity contribution in [2.24, 2.45) is 0 Å². The van der Waals surface area contributed by atoms with Gasteiger partial charge in [0.2, 0.25) is 0 Å². The van der Waals surface area contributed by atoms with E-state index in [2.05, 4.69) is 10.2 Å². The lowest BCUT2D eigenvalue weighted by Gasteiger charge is -2.03. The Morgan fingerprint density at radius 2 is 2.20 bits per heavy atom. The van der Waals surface area contributed by atoms with Crippen LogP contribution in [0.4, 0.5) is 0 Å². The van der Waals surface area contributed by atoms with E-state index in [0.29, 0.717) is 0 Å². The summed E-state index contributed by atoms with van der Waals surface area (Å²) in [5.74, 6) is 0. The molecule has 54 valence electrons. The lowest BCUT2D eigenvalue weighted by atomic mass is 9.82. The van der Waals surface area contributed by atoms with Gasteiger partial charge in [0.15, 0.2) is 0 Å². The van der Waals surface area contributed by atoms with E-state index in [1.807, 2.05) is 0 Å². The molecule has 0 bridgehead atoms. The predicted molar refractivity (Wildman–Crippen MR) is 38.0 cm³/mol. The SMILES string of the molecule is COB(OC)c1cn[nH]c1. The van der Waals surface area contributed by atoms with Crippen LogP contribution in [0.2, 0.25) is 0 Å². The first-order valence-corrected chi connectivity index (χ1v) is 2.92. The molecule has 0 unspecified atom stereocenters. The molecule has 1 heterocycles. The van der Waals surface area contributed by atoms with E-state index < -0.39 is 0 Å². The second kappa shape index (κ2) is 3.38. The summed E-state index contributed by atoms with van der Waals surface area (Å²) in [6.45, 7) is 0. The number of hydrogen-bond donors (Lipinski definition) is 1. The average molecular weight is 140 g/mol. The monoisotopic (exact) mass is 140 g/mol. The van der Waals surface area contributed by atoms with Crippen molar-refractivity contribution in [3.8, 4) is 0 Å². The molecule has 0 atom stereocenters. The summed E-state index contributed by atoms with van der Waals surface area (Å²) in [5.41, 5.74) is 0.894. The Hall–Kier alpha value is -0.805. The smallest absolute Gasteiger partial charge is 0.410 e. The first kappa shape index (κ1) is 7.30. The molecule has 0 amide bonds. The lowest BCUT2D eigenvalue weighted by Crippen LogP contribution is -2.33. The van der Waals surface area contributed by atoms with Crippen molar-refractivity contribution in [3.63, 3.8) is 0 Å². The second-order valence-corrected chi connectivity index (χ2v) is 1.83. The molecular weight excluding hydrogens is 131 g/mol. The number of nitrogens with one attached hydrogen (secondary N) is 1. The standard InChI is InChI=1S/C5H9BN2O2/c1-9-6(10-2)5-3-7-8-4-5/h3-4H,1-2H3,(H,7,8). The van der Waals surface area contributed by atoms with E-state index in [4.69, 9.17) is 9.31 Å². The summed E-state index contributed by atoms with van der Waals surface area (Å²) in [5, 5.41) is 6.42. The van der Waals surface area contributed by atoms with Gasteiger partial charge in [0.05, 0.1) is 0 Å². The highest BCUT2D eigenvalue weighted by molar-refractivity contribution is 6.61. The normalized spacial score (nSPS) is 9.80. The topological polar surface area (TPSA) is 47.1 Å². The number of rotatable bonds is 3. The third-order valence-electron chi connectivity index (χ3n) is 1.22. The molecule has 5 heteroatoms. The van der Waals surface area contributed by atoms with Crippen molar-refractivity contribution < 1.29 is 9.31 Å². The molecule has 10 heavy (non-hydrogen) atoms. The number of aromatic nitrogens is 2. The van der Waals surface area contributed by atoms with E-state index in [0.717, 1.165) is 5.46 Å². The second-order valence-electron chi connectivity index (χ2n) is 1.83. The highest BCUT2D eigenvalue weighted by Gasteiger charge is 2.17. The number of H-pyrrole nitrogens is 1. The fourth-order valence-corrected chi connectivity index (χ4v) is 0.758. The van der Waals surface area contributed by atoms with Crippen molar-refractivity contribution in [2.45, 2.75) is 0 Å². The Morgan fingerprint density at radius 1 is 1.50 bits per heavy atom. The average Bonchev–Trinajstić information content (AvgIpc) is 2.43. The molecule has 0 saturated carbocycles. The van der Waals surface area contributed by atoms with Gasteiger partial charge in [-0.25, -0.2) is 0 Å². The van der Waals surface area contributed by atoms with Crippen LogP contribution in [-0.4, -0.2) is 31.5 Å². The van der Waals surface area contributed by atoms with E-state index >= 15 is 0 Å². The van der Waals surface area contributed by atoms with Gasteiger partial charge in [-0.3, -0.25) is 5.10 Å². The van der Waals surface area contributed by atoms with Crippen molar-refractivity contribution in [1.29, 1.82) is 0 Å². The third-order valence-corrected chi connectivity index (χ3v) is 1.22. The zero-order chi connectivity index (χ0) is 7.40. The molecule has 0 aliphatic carbocycles. The van der Waals surface area contributed by atoms with E-state index in [1.54, 1.807) is 26.6 Å². The first-order chi connectivity index (χ1) is 4.88. The van der Waals surface area contributed by atoms with Gasteiger partial charge in [-0.15, -0.1) is 0 Å². The molecule has 1 N–H and O–H groups in total. The predicted octanol–water partition coefficient (Wildman–Crippen LogP) is -0.602. The van der Waals surface area contributed by atoms with Gasteiger partial charge in [-0.1, -0.05) is 0 Å². The van der Waals surface area contributed by atoms with Crippen LogP contribution in [0.15, 0.2) is 12.4 Å². The van der Waals surface area contributed by atoms with Crippen LogP contribution in [0.1, 0.15) is 0 Å². The van der Waals surface area contributed by atoms with Crippen LogP contribution in [0.25, 0.3) is 0 Å². The molecule has 0 radical (unpaired) electrons. The number of nitrogens with zero attached hydrogens (tertiary/aromatic N) is 1. The molecule has 4 nitrogen and oxygen atoms in total. The molecule has 0 fully saturated rings. The Labute approximate surface area is 59.7 Å². The Balaban J connectivity index is 2.64. The van der Waals surface area contributed by atoms with Crippen molar-refractivity contribution in [2.75, 3.05) is 14.2 Å². The molecule has 0 spiro atoms. The Kier molecular flexibility index (Phi) is 2.47. The zero-order valence-corrected chi connectivity index (χ0v) is 6.00. The largest absolute Gasteiger partial charge is 0.496 e. The molecule has 1 aromatic rings. The molecule has 1 rings (SSSR count). The first-order valence-electron chi connectivity index (χ1n) is 2.92. The molecular formula is C5H9BN2O2. The molecule has 0 aromatic carbocycles. The maximum absolute atomic E-state index is 4.96. The van der Waals surface area contributed by atoms with Gasteiger partial charge in [0.25, 0.3) is 0 Å². The zero-order valence-electron chi connectivity index (χ0n) is 6.00. The molecule has 1 aromatic heterocycles. The third kappa shape index (κ3) is 1.37. The van der Waals surface area contributed by atoms with Crippen molar-refractivity contribution >= 4 is 12.6 Å². The van der Waals surface area contributed by atoms with E-state index in [1.165, 1.54) is 0 Å². The lowest BCUT2D eigenvalue weighted by molar-refractivity contribution is 0.292. The van der Waals surface area contributed by atoms with Gasteiger partial charge < -0.3 is 9.31 Å². The number of hydrogen-bond acceptors (Lipinski definition) is 3. The quantitative estimate of drug-likeness (QED) is 0.570. The summed E-state index contributed by atoms with van der Waals surface area (Å²) in [4.78, 5) is 0. The highest BCUT2D eigenvalue weighted by Crippen LogP contribution is 1.84. The molecule has 0 aliphatic rings. The fourth-order valence-electron chi connectivity index (χ4n) is 0.758. The minimum atomic E-state index is -0.307. The minimum absolute atomic E-state index is 0.307. The van der Waals surface area contributed by atoms with E-state index in [-0.39, 0.29) is 7.12 Å². The van der Waals surface area contributed by atoms with Crippen LogP contribution in [0.3, 0.4) is 0 Å².